The number of nitrogens with one attached hydrogen (secondary N) is 2. The summed E-state index contributed by atoms with van der Waals surface area (Å²) in [6.45, 7) is 0. The van der Waals surface area contributed by atoms with Gasteiger partial charge in [0, 0.05) is 13.2 Å². The van der Waals surface area contributed by atoms with Crippen LogP contribution in [0.5, 0.6) is 5.75 Å². The number of nitro benzene ring substituents is 1. The van der Waals surface area contributed by atoms with E-state index in [9.17, 15) is 23.3 Å². The molecule has 0 aliphatic carbocycles. The second kappa shape index (κ2) is 6.68. The first-order chi connectivity index (χ1) is 11.3. The predicted molar refractivity (Wildman–Crippen MR) is 82.8 cm³/mol. The van der Waals surface area contributed by atoms with E-state index in [1.54, 1.807) is 19.3 Å². The first-order valence-corrected chi connectivity index (χ1v) is 8.00. The summed E-state index contributed by atoms with van der Waals surface area (Å²) in [5.41, 5.74) is 1.55. The Morgan fingerprint density at radius 2 is 2.04 bits per heavy atom. The molecule has 128 valence electrons. The van der Waals surface area contributed by atoms with Crippen LogP contribution in [0.3, 0.4) is 0 Å². The second-order valence-corrected chi connectivity index (χ2v) is 6.31. The Labute approximate surface area is 137 Å². The molecule has 0 unspecified atom stereocenters. The molecule has 1 amide bonds. The average Bonchev–Trinajstić information content (AvgIpc) is 2.98. The Kier molecular flexibility index (Phi) is 4.85. The molecule has 0 bridgehead atoms. The number of ether oxygens (including phenoxy) is 1. The van der Waals surface area contributed by atoms with Gasteiger partial charge < -0.3 is 9.30 Å². The van der Waals surface area contributed by atoms with Crippen molar-refractivity contribution < 1.29 is 22.9 Å². The van der Waals surface area contributed by atoms with Gasteiger partial charge in [-0.2, -0.15) is 0 Å². The molecule has 0 spiro atoms. The van der Waals surface area contributed by atoms with Gasteiger partial charge in [-0.3, -0.25) is 20.3 Å². The maximum atomic E-state index is 12.2. The Hall–Kier alpha value is -2.92. The number of rotatable bonds is 6. The highest BCUT2D eigenvalue weighted by molar-refractivity contribution is 7.89. The third kappa shape index (κ3) is 3.52. The van der Waals surface area contributed by atoms with E-state index in [0.717, 1.165) is 12.1 Å². The Morgan fingerprint density at radius 3 is 2.58 bits per heavy atom. The van der Waals surface area contributed by atoms with E-state index in [-0.39, 0.29) is 11.4 Å². The smallest absolute Gasteiger partial charge is 0.293 e. The van der Waals surface area contributed by atoms with Crippen molar-refractivity contribution in [1.82, 2.24) is 14.8 Å². The molecule has 0 radical (unpaired) electrons. The zero-order valence-electron chi connectivity index (χ0n) is 12.7. The fourth-order valence-corrected chi connectivity index (χ4v) is 2.92. The minimum Gasteiger partial charge on any atom is -0.497 e. The van der Waals surface area contributed by atoms with E-state index in [0.29, 0.717) is 0 Å². The molecular formula is C13H14N4O6S. The van der Waals surface area contributed by atoms with E-state index in [1.165, 1.54) is 23.8 Å². The standard InChI is InChI=1S/C13H14N4O6S/c1-16-7-3-4-10(16)13(18)14-15-24(21,22)12-6-5-9(23-2)8-11(12)17(19)20/h3-8,15H,1-2H3,(H,14,18). The van der Waals surface area contributed by atoms with E-state index in [1.807, 2.05) is 10.3 Å². The third-order valence-corrected chi connectivity index (χ3v) is 4.42. The molecule has 1 aromatic heterocycles. The summed E-state index contributed by atoms with van der Waals surface area (Å²) < 4.78 is 30.8. The van der Waals surface area contributed by atoms with Gasteiger partial charge in [-0.25, -0.2) is 8.42 Å². The molecule has 24 heavy (non-hydrogen) atoms. The maximum Gasteiger partial charge on any atom is 0.293 e. The van der Waals surface area contributed by atoms with Crippen molar-refractivity contribution in [2.24, 2.45) is 7.05 Å². The predicted octanol–water partition coefficient (Wildman–Crippen LogP) is 0.565. The number of benzene rings is 1. The van der Waals surface area contributed by atoms with Gasteiger partial charge in [0.2, 0.25) is 0 Å². The minimum atomic E-state index is -4.35. The number of aromatic nitrogens is 1. The quantitative estimate of drug-likeness (QED) is 0.575. The van der Waals surface area contributed by atoms with E-state index >= 15 is 0 Å². The topological polar surface area (TPSA) is 133 Å². The second-order valence-electron chi connectivity index (χ2n) is 4.65. The highest BCUT2D eigenvalue weighted by Gasteiger charge is 2.27. The van der Waals surface area contributed by atoms with E-state index < -0.39 is 31.4 Å². The average molecular weight is 354 g/mol. The van der Waals surface area contributed by atoms with Crippen molar-refractivity contribution in [1.29, 1.82) is 0 Å². The summed E-state index contributed by atoms with van der Waals surface area (Å²) in [6.07, 6.45) is 1.61. The highest BCUT2D eigenvalue weighted by atomic mass is 32.2. The summed E-state index contributed by atoms with van der Waals surface area (Å²) in [5.74, 6) is -0.573. The Bertz CT molecular complexity index is 890. The fourth-order valence-electron chi connectivity index (χ4n) is 1.92. The first kappa shape index (κ1) is 17.4. The van der Waals surface area contributed by atoms with Gasteiger partial charge >= 0.3 is 0 Å². The zero-order valence-corrected chi connectivity index (χ0v) is 13.5. The molecule has 0 atom stereocenters. The molecule has 0 saturated carbocycles. The van der Waals surface area contributed by atoms with E-state index in [4.69, 9.17) is 4.74 Å². The number of nitro groups is 1. The summed E-state index contributed by atoms with van der Waals surface area (Å²) in [7, 11) is -1.44. The normalized spacial score (nSPS) is 11.1. The summed E-state index contributed by atoms with van der Waals surface area (Å²) in [5, 5.41) is 11.1. The van der Waals surface area contributed by atoms with Crippen LogP contribution in [-0.4, -0.2) is 30.9 Å². The lowest BCUT2D eigenvalue weighted by Crippen LogP contribution is -2.42. The lowest BCUT2D eigenvalue weighted by atomic mass is 10.3. The number of carbonyl (C=O) groups excluding carboxylic acids is 1. The van der Waals surface area contributed by atoms with Gasteiger partial charge in [-0.05, 0) is 24.3 Å². The molecule has 1 heterocycles. The van der Waals surface area contributed by atoms with Crippen LogP contribution in [0.15, 0.2) is 41.4 Å². The van der Waals surface area contributed by atoms with Gasteiger partial charge in [0.15, 0.2) is 4.90 Å². The molecular weight excluding hydrogens is 340 g/mol. The van der Waals surface area contributed by atoms with Gasteiger partial charge in [-0.1, -0.05) is 0 Å². The lowest BCUT2D eigenvalue weighted by molar-refractivity contribution is -0.387. The molecule has 2 aromatic rings. The number of hydrazine groups is 1. The zero-order chi connectivity index (χ0) is 17.9. The largest absolute Gasteiger partial charge is 0.497 e. The Morgan fingerprint density at radius 1 is 1.33 bits per heavy atom. The van der Waals surface area contributed by atoms with Crippen molar-refractivity contribution >= 4 is 21.6 Å². The van der Waals surface area contributed by atoms with Crippen LogP contribution in [0.2, 0.25) is 0 Å². The number of hydrogen-bond acceptors (Lipinski definition) is 6. The lowest BCUT2D eigenvalue weighted by Gasteiger charge is -2.10. The third-order valence-electron chi connectivity index (χ3n) is 3.13. The van der Waals surface area contributed by atoms with Gasteiger partial charge in [0.1, 0.15) is 11.4 Å². The number of sulfonamides is 1. The number of methoxy groups -OCH3 is 1. The number of carbonyl (C=O) groups is 1. The molecule has 2 rings (SSSR count). The SMILES string of the molecule is COc1ccc(S(=O)(=O)NNC(=O)c2cccn2C)c([N+](=O)[O-])c1. The van der Waals surface area contributed by atoms with Crippen LogP contribution in [-0.2, 0) is 17.1 Å². The van der Waals surface area contributed by atoms with Crippen LogP contribution < -0.4 is 15.0 Å². The molecule has 0 aliphatic rings. The summed E-state index contributed by atoms with van der Waals surface area (Å²) in [6, 6.07) is 6.36. The van der Waals surface area contributed by atoms with Crippen LogP contribution in [0.1, 0.15) is 10.5 Å². The number of nitrogens with zero attached hydrogens (tertiary/aromatic N) is 2. The number of aryl methyl sites for hydroxylation is 1. The molecule has 0 aliphatic heterocycles. The van der Waals surface area contributed by atoms with Gasteiger partial charge in [0.05, 0.1) is 18.1 Å². The molecule has 0 saturated heterocycles. The van der Waals surface area contributed by atoms with Crippen molar-refractivity contribution in [2.75, 3.05) is 7.11 Å². The van der Waals surface area contributed by atoms with Crippen LogP contribution >= 0.6 is 0 Å². The van der Waals surface area contributed by atoms with Crippen molar-refractivity contribution in [3.8, 4) is 5.75 Å². The van der Waals surface area contributed by atoms with Crippen molar-refractivity contribution in [3.05, 3.63) is 52.3 Å². The van der Waals surface area contributed by atoms with Crippen molar-refractivity contribution in [2.45, 2.75) is 4.90 Å². The maximum absolute atomic E-state index is 12.2. The van der Waals surface area contributed by atoms with Crippen LogP contribution in [0.25, 0.3) is 0 Å². The van der Waals surface area contributed by atoms with E-state index in [2.05, 4.69) is 0 Å². The van der Waals surface area contributed by atoms with Crippen LogP contribution in [0, 0.1) is 10.1 Å². The monoisotopic (exact) mass is 354 g/mol. The molecule has 10 nitrogen and oxygen atoms in total. The van der Waals surface area contributed by atoms with Gasteiger partial charge in [-0.15, -0.1) is 4.83 Å². The number of hydrogen-bond donors (Lipinski definition) is 2. The highest BCUT2D eigenvalue weighted by Crippen LogP contribution is 2.27. The molecule has 2 N–H and O–H groups in total. The molecule has 0 fully saturated rings. The van der Waals surface area contributed by atoms with Crippen LogP contribution in [0.4, 0.5) is 5.69 Å². The summed E-state index contributed by atoms with van der Waals surface area (Å²) in [4.78, 5) is 23.4. The minimum absolute atomic E-state index is 0.133. The number of amides is 1. The Balaban J connectivity index is 2.26. The molecule has 1 aromatic carbocycles. The van der Waals surface area contributed by atoms with Gasteiger partial charge in [0.25, 0.3) is 21.6 Å². The first-order valence-electron chi connectivity index (χ1n) is 6.52. The fraction of sp³-hybridized carbons (Fsp3) is 0.154. The molecule has 11 heteroatoms. The summed E-state index contributed by atoms with van der Waals surface area (Å²) >= 11 is 0. The van der Waals surface area contributed by atoms with Crippen molar-refractivity contribution in [3.63, 3.8) is 0 Å².